The van der Waals surface area contributed by atoms with Crippen LogP contribution in [0.2, 0.25) is 0 Å². The second-order valence-corrected chi connectivity index (χ2v) is 9.46. The van der Waals surface area contributed by atoms with Crippen LogP contribution in [0.15, 0.2) is 17.2 Å². The van der Waals surface area contributed by atoms with Gasteiger partial charge in [0.2, 0.25) is 10.0 Å². The highest BCUT2D eigenvalue weighted by molar-refractivity contribution is 7.92. The van der Waals surface area contributed by atoms with Gasteiger partial charge < -0.3 is 10.3 Å². The average molecular weight is 335 g/mol. The Labute approximate surface area is 125 Å². The van der Waals surface area contributed by atoms with Crippen LogP contribution in [0, 0.1) is 0 Å². The first-order chi connectivity index (χ1) is 9.71. The van der Waals surface area contributed by atoms with E-state index in [4.69, 9.17) is 5.73 Å². The van der Waals surface area contributed by atoms with Gasteiger partial charge in [-0.2, -0.15) is 4.31 Å². The molecule has 1 unspecified atom stereocenters. The fourth-order valence-corrected chi connectivity index (χ4v) is 5.88. The number of aryl methyl sites for hydroxylation is 1. The molecule has 9 heteroatoms. The maximum absolute atomic E-state index is 12.6. The number of aromatic nitrogens is 1. The van der Waals surface area contributed by atoms with Crippen molar-refractivity contribution in [3.8, 4) is 0 Å². The van der Waals surface area contributed by atoms with Gasteiger partial charge in [0.1, 0.15) is 4.90 Å². The Kier molecular flexibility index (Phi) is 4.48. The molecule has 1 saturated heterocycles. The average Bonchev–Trinajstić information content (AvgIpc) is 3.00. The molecule has 7 nitrogen and oxygen atoms in total. The summed E-state index contributed by atoms with van der Waals surface area (Å²) < 4.78 is 51.2. The molecule has 0 amide bonds. The van der Waals surface area contributed by atoms with Crippen LogP contribution >= 0.6 is 0 Å². The maximum atomic E-state index is 12.6. The quantitative estimate of drug-likeness (QED) is 0.801. The number of rotatable bonds is 5. The number of sulfonamides is 1. The van der Waals surface area contributed by atoms with Gasteiger partial charge in [0.15, 0.2) is 9.84 Å². The first-order valence-electron chi connectivity index (χ1n) is 6.79. The van der Waals surface area contributed by atoms with Gasteiger partial charge in [-0.25, -0.2) is 16.8 Å². The summed E-state index contributed by atoms with van der Waals surface area (Å²) in [4.78, 5) is 0.164. The van der Waals surface area contributed by atoms with E-state index in [1.807, 2.05) is 6.92 Å². The van der Waals surface area contributed by atoms with Crippen molar-refractivity contribution in [1.29, 1.82) is 0 Å². The van der Waals surface area contributed by atoms with Crippen LogP contribution in [0.1, 0.15) is 19.0 Å². The molecular formula is C12H21N3O4S2. The molecule has 0 saturated carbocycles. The lowest BCUT2D eigenvalue weighted by atomic mass is 10.3. The van der Waals surface area contributed by atoms with Crippen molar-refractivity contribution in [3.05, 3.63) is 18.0 Å². The van der Waals surface area contributed by atoms with Crippen molar-refractivity contribution >= 4 is 19.9 Å². The van der Waals surface area contributed by atoms with Crippen LogP contribution in [0.25, 0.3) is 0 Å². The van der Waals surface area contributed by atoms with Gasteiger partial charge in [-0.1, -0.05) is 0 Å². The largest absolute Gasteiger partial charge is 0.349 e. The van der Waals surface area contributed by atoms with Crippen molar-refractivity contribution in [2.75, 3.05) is 18.6 Å². The minimum atomic E-state index is -3.70. The molecule has 1 fully saturated rings. The van der Waals surface area contributed by atoms with Crippen molar-refractivity contribution in [2.24, 2.45) is 5.73 Å². The molecule has 0 aliphatic carbocycles. The van der Waals surface area contributed by atoms with Crippen molar-refractivity contribution < 1.29 is 16.8 Å². The van der Waals surface area contributed by atoms with Gasteiger partial charge in [0.05, 0.1) is 11.5 Å². The zero-order valence-corrected chi connectivity index (χ0v) is 13.8. The molecule has 120 valence electrons. The minimum absolute atomic E-state index is 0.0432. The van der Waals surface area contributed by atoms with Crippen LogP contribution in [-0.2, 0) is 33.0 Å². The third-order valence-electron chi connectivity index (χ3n) is 3.91. The number of sulfone groups is 1. The molecule has 2 N–H and O–H groups in total. The molecule has 2 rings (SSSR count). The molecule has 1 aromatic rings. The van der Waals surface area contributed by atoms with Crippen molar-refractivity contribution in [3.63, 3.8) is 0 Å². The van der Waals surface area contributed by atoms with E-state index >= 15 is 0 Å². The van der Waals surface area contributed by atoms with E-state index in [1.54, 1.807) is 16.8 Å². The smallest absolute Gasteiger partial charge is 0.244 e. The molecule has 1 aliphatic heterocycles. The summed E-state index contributed by atoms with van der Waals surface area (Å²) >= 11 is 0. The number of hydrogen-bond acceptors (Lipinski definition) is 5. The van der Waals surface area contributed by atoms with Crippen LogP contribution in [0.3, 0.4) is 0 Å². The Morgan fingerprint density at radius 1 is 1.48 bits per heavy atom. The molecule has 21 heavy (non-hydrogen) atoms. The highest BCUT2D eigenvalue weighted by Gasteiger charge is 2.36. The van der Waals surface area contributed by atoms with Gasteiger partial charge in [0.25, 0.3) is 0 Å². The fourth-order valence-electron chi connectivity index (χ4n) is 2.56. The lowest BCUT2D eigenvalue weighted by molar-refractivity contribution is 0.394. The Morgan fingerprint density at radius 2 is 2.14 bits per heavy atom. The van der Waals surface area contributed by atoms with E-state index in [2.05, 4.69) is 0 Å². The molecule has 1 aromatic heterocycles. The molecule has 0 spiro atoms. The highest BCUT2D eigenvalue weighted by Crippen LogP contribution is 2.24. The second-order valence-electron chi connectivity index (χ2n) is 5.24. The summed E-state index contributed by atoms with van der Waals surface area (Å²) in [5.74, 6) is -0.0670. The van der Waals surface area contributed by atoms with E-state index < -0.39 is 25.9 Å². The standard InChI is InChI=1S/C12H21N3O4S2/c1-3-15-8-12(6-11(15)7-13)21(18,19)14(2)10-4-5-20(16,17)9-10/h6,8,10H,3-5,7,9,13H2,1-2H3. The summed E-state index contributed by atoms with van der Waals surface area (Å²) in [7, 11) is -5.39. The summed E-state index contributed by atoms with van der Waals surface area (Å²) in [6, 6.07) is 1.06. The fraction of sp³-hybridized carbons (Fsp3) is 0.667. The predicted octanol–water partition coefficient (Wildman–Crippen LogP) is -0.226. The predicted molar refractivity (Wildman–Crippen MR) is 80.0 cm³/mol. The normalized spacial score (nSPS) is 22.0. The Bertz CT molecular complexity index is 700. The third kappa shape index (κ3) is 3.15. The second kappa shape index (κ2) is 5.71. The zero-order chi connectivity index (χ0) is 15.8. The van der Waals surface area contributed by atoms with Crippen molar-refractivity contribution in [2.45, 2.75) is 37.4 Å². The van der Waals surface area contributed by atoms with Gasteiger partial charge in [-0.05, 0) is 19.4 Å². The SMILES string of the molecule is CCn1cc(S(=O)(=O)N(C)C2CCS(=O)(=O)C2)cc1CN. The molecule has 1 atom stereocenters. The number of nitrogens with two attached hydrogens (primary N) is 1. The van der Waals surface area contributed by atoms with E-state index in [0.717, 1.165) is 5.69 Å². The van der Waals surface area contributed by atoms with Gasteiger partial charge in [-0.15, -0.1) is 0 Å². The molecule has 1 aliphatic rings. The highest BCUT2D eigenvalue weighted by atomic mass is 32.2. The third-order valence-corrected chi connectivity index (χ3v) is 7.54. The summed E-state index contributed by atoms with van der Waals surface area (Å²) in [5.41, 5.74) is 6.35. The number of nitrogens with zero attached hydrogens (tertiary/aromatic N) is 2. The van der Waals surface area contributed by atoms with E-state index in [-0.39, 0.29) is 22.9 Å². The molecule has 0 radical (unpaired) electrons. The topological polar surface area (TPSA) is 102 Å². The molecule has 2 heterocycles. The van der Waals surface area contributed by atoms with Crippen molar-refractivity contribution in [1.82, 2.24) is 8.87 Å². The van der Waals surface area contributed by atoms with E-state index in [0.29, 0.717) is 13.0 Å². The van der Waals surface area contributed by atoms with Gasteiger partial charge >= 0.3 is 0 Å². The van der Waals surface area contributed by atoms with E-state index in [9.17, 15) is 16.8 Å². The molecular weight excluding hydrogens is 314 g/mol. The monoisotopic (exact) mass is 335 g/mol. The van der Waals surface area contributed by atoms with Crippen LogP contribution in [-0.4, -0.2) is 50.3 Å². The number of hydrogen-bond donors (Lipinski definition) is 1. The summed E-state index contributed by atoms with van der Waals surface area (Å²) in [6.07, 6.45) is 1.90. The summed E-state index contributed by atoms with van der Waals surface area (Å²) in [6.45, 7) is 2.79. The summed E-state index contributed by atoms with van der Waals surface area (Å²) in [5, 5.41) is 0. The van der Waals surface area contributed by atoms with Crippen LogP contribution < -0.4 is 5.73 Å². The van der Waals surface area contributed by atoms with Gasteiger partial charge in [-0.3, -0.25) is 0 Å². The van der Waals surface area contributed by atoms with Crippen LogP contribution in [0.4, 0.5) is 0 Å². The molecule has 0 bridgehead atoms. The zero-order valence-electron chi connectivity index (χ0n) is 12.2. The van der Waals surface area contributed by atoms with E-state index in [1.165, 1.54) is 11.4 Å². The lowest BCUT2D eigenvalue weighted by Gasteiger charge is -2.22. The maximum Gasteiger partial charge on any atom is 0.244 e. The Morgan fingerprint density at radius 3 is 2.57 bits per heavy atom. The van der Waals surface area contributed by atoms with Gasteiger partial charge in [0, 0.05) is 38.1 Å². The first-order valence-corrected chi connectivity index (χ1v) is 10.0. The van der Waals surface area contributed by atoms with Crippen LogP contribution in [0.5, 0.6) is 0 Å². The lowest BCUT2D eigenvalue weighted by Crippen LogP contribution is -2.37. The minimum Gasteiger partial charge on any atom is -0.349 e. The Hall–Kier alpha value is -0.900. The molecule has 0 aromatic carbocycles. The first kappa shape index (κ1) is 16.5. The Balaban J connectivity index is 2.31.